The summed E-state index contributed by atoms with van der Waals surface area (Å²) in [5.41, 5.74) is 5.09. The molecule has 1 saturated heterocycles. The maximum atomic E-state index is 12.4. The van der Waals surface area contributed by atoms with Gasteiger partial charge in [-0.15, -0.1) is 0 Å². The highest BCUT2D eigenvalue weighted by molar-refractivity contribution is 6.33. The van der Waals surface area contributed by atoms with Crippen LogP contribution in [-0.4, -0.2) is 23.9 Å². The monoisotopic (exact) mass is 334 g/mol. The van der Waals surface area contributed by atoms with Crippen molar-refractivity contribution in [3.05, 3.63) is 34.9 Å². The maximum Gasteiger partial charge on any atom is 0.310 e. The second-order valence-corrected chi connectivity index (χ2v) is 6.75. The van der Waals surface area contributed by atoms with E-state index in [1.807, 2.05) is 0 Å². The predicted molar refractivity (Wildman–Crippen MR) is 80.1 cm³/mol. The van der Waals surface area contributed by atoms with E-state index in [4.69, 9.17) is 16.3 Å². The van der Waals surface area contributed by atoms with Crippen molar-refractivity contribution < 1.29 is 19.1 Å². The lowest BCUT2D eigenvalue weighted by Crippen LogP contribution is -2.48. The number of hydrogen-bond donors (Lipinski definition) is 2. The van der Waals surface area contributed by atoms with E-state index in [9.17, 15) is 14.4 Å². The molecule has 1 aromatic carbocycles. The summed E-state index contributed by atoms with van der Waals surface area (Å²) in [6, 6.07) is 6.57. The predicted octanol–water partition coefficient (Wildman–Crippen LogP) is 1.30. The number of carbonyl (C=O) groups is 3. The lowest BCUT2D eigenvalue weighted by atomic mass is 9.79. The molecule has 1 heterocycles. The second-order valence-electron chi connectivity index (χ2n) is 6.35. The molecule has 7 heteroatoms. The van der Waals surface area contributed by atoms with E-state index in [0.29, 0.717) is 5.02 Å². The Balaban J connectivity index is 1.42. The first kappa shape index (κ1) is 14.5. The van der Waals surface area contributed by atoms with Crippen LogP contribution in [0.2, 0.25) is 5.02 Å². The van der Waals surface area contributed by atoms with Crippen molar-refractivity contribution in [1.29, 1.82) is 0 Å². The average Bonchev–Trinajstić information content (AvgIpc) is 3.14. The van der Waals surface area contributed by atoms with Gasteiger partial charge in [0, 0.05) is 5.92 Å². The Labute approximate surface area is 137 Å². The highest BCUT2D eigenvalue weighted by Gasteiger charge is 2.63. The minimum Gasteiger partial charge on any atom is -0.462 e. The lowest BCUT2D eigenvalue weighted by molar-refractivity contribution is -0.146. The summed E-state index contributed by atoms with van der Waals surface area (Å²) < 4.78 is 5.31. The quantitative estimate of drug-likeness (QED) is 0.630. The van der Waals surface area contributed by atoms with Crippen molar-refractivity contribution in [3.63, 3.8) is 0 Å². The first-order chi connectivity index (χ1) is 11.1. The largest absolute Gasteiger partial charge is 0.462 e. The fraction of sp³-hybridized carbons (Fsp3) is 0.438. The summed E-state index contributed by atoms with van der Waals surface area (Å²) in [4.78, 5) is 36.4. The fourth-order valence-electron chi connectivity index (χ4n) is 4.28. The number of esters is 1. The van der Waals surface area contributed by atoms with E-state index in [1.54, 1.807) is 24.3 Å². The summed E-state index contributed by atoms with van der Waals surface area (Å²) in [7, 11) is 0. The van der Waals surface area contributed by atoms with Crippen molar-refractivity contribution in [2.24, 2.45) is 23.7 Å². The van der Waals surface area contributed by atoms with Gasteiger partial charge in [0.15, 0.2) is 0 Å². The number of halogens is 1. The van der Waals surface area contributed by atoms with Gasteiger partial charge in [0.05, 0.1) is 22.4 Å². The van der Waals surface area contributed by atoms with Crippen molar-refractivity contribution >= 4 is 29.4 Å². The van der Waals surface area contributed by atoms with Gasteiger partial charge in [-0.2, -0.15) is 0 Å². The molecule has 2 N–H and O–H groups in total. The minimum atomic E-state index is -0.487. The molecule has 0 spiro atoms. The number of fused-ring (bicyclic) bond motifs is 1. The van der Waals surface area contributed by atoms with Crippen LogP contribution in [-0.2, 0) is 14.3 Å². The Bertz CT molecular complexity index is 705. The van der Waals surface area contributed by atoms with Gasteiger partial charge in [-0.25, -0.2) is 0 Å². The van der Waals surface area contributed by atoms with Gasteiger partial charge in [0.2, 0.25) is 5.91 Å². The van der Waals surface area contributed by atoms with E-state index < -0.39 is 11.8 Å². The van der Waals surface area contributed by atoms with Crippen LogP contribution in [0.3, 0.4) is 0 Å². The van der Waals surface area contributed by atoms with Gasteiger partial charge in [-0.3, -0.25) is 25.2 Å². The second kappa shape index (κ2) is 5.23. The third-order valence-electron chi connectivity index (χ3n) is 5.20. The maximum absolute atomic E-state index is 12.4. The highest BCUT2D eigenvalue weighted by Crippen LogP contribution is 2.57. The molecule has 0 unspecified atom stereocenters. The van der Waals surface area contributed by atoms with Crippen LogP contribution in [0.4, 0.5) is 0 Å². The van der Waals surface area contributed by atoms with Gasteiger partial charge in [-0.1, -0.05) is 23.7 Å². The standard InChI is InChI=1S/C16H15ClN2O4/c17-10-4-2-1-3-8(10)14(20)18-19-15(21)12-7-5-9-11(6-7)23-16(22)13(9)12/h1-4,7,9,11-13H,5-6H2,(H,18,20)(H,19,21)/t7-,9+,11-,12-,13-/m1/s1. The van der Waals surface area contributed by atoms with Gasteiger partial charge in [-0.05, 0) is 30.9 Å². The first-order valence-electron chi connectivity index (χ1n) is 7.61. The van der Waals surface area contributed by atoms with Gasteiger partial charge < -0.3 is 4.74 Å². The molecule has 3 aliphatic rings. The van der Waals surface area contributed by atoms with Gasteiger partial charge in [0.1, 0.15) is 6.10 Å². The number of nitrogens with one attached hydrogen (secondary N) is 2. The zero-order valence-corrected chi connectivity index (χ0v) is 12.9. The number of ether oxygens (including phenoxy) is 1. The first-order valence-corrected chi connectivity index (χ1v) is 7.99. The van der Waals surface area contributed by atoms with E-state index in [1.165, 1.54) is 0 Å². The molecule has 120 valence electrons. The Morgan fingerprint density at radius 1 is 1.17 bits per heavy atom. The Morgan fingerprint density at radius 3 is 2.74 bits per heavy atom. The summed E-state index contributed by atoms with van der Waals surface area (Å²) in [6.45, 7) is 0. The number of amides is 2. The summed E-state index contributed by atoms with van der Waals surface area (Å²) >= 11 is 5.95. The van der Waals surface area contributed by atoms with Crippen LogP contribution in [0, 0.1) is 23.7 Å². The number of rotatable bonds is 2. The van der Waals surface area contributed by atoms with Crippen LogP contribution in [0.25, 0.3) is 0 Å². The molecule has 2 aliphatic carbocycles. The highest BCUT2D eigenvalue weighted by atomic mass is 35.5. The topological polar surface area (TPSA) is 84.5 Å². The van der Waals surface area contributed by atoms with E-state index >= 15 is 0 Å². The van der Waals surface area contributed by atoms with Crippen molar-refractivity contribution in [3.8, 4) is 0 Å². The Hall–Kier alpha value is -2.08. The molecule has 0 aromatic heterocycles. The number of hydrogen-bond acceptors (Lipinski definition) is 4. The van der Waals surface area contributed by atoms with Gasteiger partial charge in [0.25, 0.3) is 5.91 Å². The number of benzene rings is 1. The zero-order chi connectivity index (χ0) is 16.1. The molecular formula is C16H15ClN2O4. The number of hydrazine groups is 1. The SMILES string of the molecule is O=C(NNC(=O)[C@@H]1[C@@H]2C[C@@H]3[C@H]1C(=O)O[C@@H]3C2)c1ccccc1Cl. The van der Waals surface area contributed by atoms with Crippen LogP contribution >= 0.6 is 11.6 Å². The summed E-state index contributed by atoms with van der Waals surface area (Å²) in [5.74, 6) is -1.58. The van der Waals surface area contributed by atoms with Crippen molar-refractivity contribution in [2.75, 3.05) is 0 Å². The molecule has 0 radical (unpaired) electrons. The van der Waals surface area contributed by atoms with E-state index in [2.05, 4.69) is 10.9 Å². The minimum absolute atomic E-state index is 0.0146. The van der Waals surface area contributed by atoms with Crippen LogP contribution < -0.4 is 10.9 Å². The normalized spacial score (nSPS) is 33.4. The van der Waals surface area contributed by atoms with E-state index in [-0.39, 0.29) is 41.3 Å². The third-order valence-corrected chi connectivity index (χ3v) is 5.53. The molecular weight excluding hydrogens is 320 g/mol. The Kier molecular flexibility index (Phi) is 3.30. The molecule has 4 rings (SSSR count). The molecule has 3 fully saturated rings. The Morgan fingerprint density at radius 2 is 1.96 bits per heavy atom. The van der Waals surface area contributed by atoms with Gasteiger partial charge >= 0.3 is 5.97 Å². The third kappa shape index (κ3) is 2.20. The lowest BCUT2D eigenvalue weighted by Gasteiger charge is -2.23. The van der Waals surface area contributed by atoms with E-state index in [0.717, 1.165) is 12.8 Å². The summed E-state index contributed by atoms with van der Waals surface area (Å²) in [6.07, 6.45) is 1.57. The summed E-state index contributed by atoms with van der Waals surface area (Å²) in [5, 5.41) is 0.307. The molecule has 2 amide bonds. The fourth-order valence-corrected chi connectivity index (χ4v) is 4.50. The zero-order valence-electron chi connectivity index (χ0n) is 12.1. The molecule has 6 nitrogen and oxygen atoms in total. The molecule has 23 heavy (non-hydrogen) atoms. The molecule has 1 aromatic rings. The smallest absolute Gasteiger partial charge is 0.310 e. The van der Waals surface area contributed by atoms with Crippen LogP contribution in [0.1, 0.15) is 23.2 Å². The van der Waals surface area contributed by atoms with Crippen LogP contribution in [0.15, 0.2) is 24.3 Å². The average molecular weight is 335 g/mol. The number of carbonyl (C=O) groups excluding carboxylic acids is 3. The van der Waals surface area contributed by atoms with Crippen molar-refractivity contribution in [2.45, 2.75) is 18.9 Å². The molecule has 2 bridgehead atoms. The van der Waals surface area contributed by atoms with Crippen LogP contribution in [0.5, 0.6) is 0 Å². The van der Waals surface area contributed by atoms with Crippen molar-refractivity contribution in [1.82, 2.24) is 10.9 Å². The molecule has 2 saturated carbocycles. The molecule has 5 atom stereocenters. The molecule has 1 aliphatic heterocycles.